The molecule has 0 saturated carbocycles. The van der Waals surface area contributed by atoms with Gasteiger partial charge < -0.3 is 10.5 Å². The van der Waals surface area contributed by atoms with Gasteiger partial charge in [0.1, 0.15) is 0 Å². The molecule has 0 heterocycles. The Labute approximate surface area is 108 Å². The third kappa shape index (κ3) is 4.64. The number of nitrogens with one attached hydrogen (secondary N) is 1. The number of nitrogen functional groups attached to an aromatic ring is 1. The maximum absolute atomic E-state index is 12.0. The van der Waals surface area contributed by atoms with Crippen molar-refractivity contribution in [3.05, 3.63) is 23.8 Å². The fourth-order valence-corrected chi connectivity index (χ4v) is 2.80. The molecule has 0 unspecified atom stereocenters. The van der Waals surface area contributed by atoms with Crippen molar-refractivity contribution >= 4 is 15.7 Å². The minimum absolute atomic E-state index is 0.215. The van der Waals surface area contributed by atoms with E-state index in [1.54, 1.807) is 19.2 Å². The van der Waals surface area contributed by atoms with Crippen LogP contribution in [0.15, 0.2) is 23.1 Å². The SMILES string of the molecule is COCCCCNS(=O)(=O)c1cc(C)cc(N)c1. The lowest BCUT2D eigenvalue weighted by molar-refractivity contribution is 0.193. The molecule has 0 atom stereocenters. The molecular weight excluding hydrogens is 252 g/mol. The van der Waals surface area contributed by atoms with E-state index in [4.69, 9.17) is 10.5 Å². The van der Waals surface area contributed by atoms with Crippen LogP contribution in [0, 0.1) is 6.92 Å². The predicted molar refractivity (Wildman–Crippen MR) is 71.9 cm³/mol. The van der Waals surface area contributed by atoms with Gasteiger partial charge in [-0.1, -0.05) is 0 Å². The molecule has 0 bridgehead atoms. The quantitative estimate of drug-likeness (QED) is 0.579. The lowest BCUT2D eigenvalue weighted by Crippen LogP contribution is -2.25. The largest absolute Gasteiger partial charge is 0.399 e. The Kier molecular flexibility index (Phi) is 5.58. The first-order chi connectivity index (χ1) is 8.45. The molecule has 0 aliphatic rings. The van der Waals surface area contributed by atoms with E-state index in [1.165, 1.54) is 6.07 Å². The number of hydrogen-bond donors (Lipinski definition) is 2. The maximum atomic E-state index is 12.0. The van der Waals surface area contributed by atoms with E-state index in [-0.39, 0.29) is 4.90 Å². The summed E-state index contributed by atoms with van der Waals surface area (Å²) in [4.78, 5) is 0.215. The van der Waals surface area contributed by atoms with Crippen molar-refractivity contribution < 1.29 is 13.2 Å². The van der Waals surface area contributed by atoms with E-state index in [9.17, 15) is 8.42 Å². The highest BCUT2D eigenvalue weighted by Gasteiger charge is 2.13. The van der Waals surface area contributed by atoms with Gasteiger partial charge in [0, 0.05) is 25.9 Å². The minimum atomic E-state index is -3.46. The molecule has 1 aromatic rings. The van der Waals surface area contributed by atoms with Gasteiger partial charge in [0.05, 0.1) is 4.90 Å². The van der Waals surface area contributed by atoms with Crippen molar-refractivity contribution in [3.8, 4) is 0 Å². The molecule has 102 valence electrons. The van der Waals surface area contributed by atoms with E-state index in [0.717, 1.165) is 18.4 Å². The highest BCUT2D eigenvalue weighted by Crippen LogP contribution is 2.15. The second-order valence-electron chi connectivity index (χ2n) is 4.18. The number of benzene rings is 1. The first-order valence-electron chi connectivity index (χ1n) is 5.81. The Morgan fingerprint density at radius 2 is 2.00 bits per heavy atom. The molecule has 0 spiro atoms. The number of rotatable bonds is 7. The summed E-state index contributed by atoms with van der Waals surface area (Å²) < 4.78 is 31.4. The fraction of sp³-hybridized carbons (Fsp3) is 0.500. The molecule has 0 radical (unpaired) electrons. The zero-order valence-corrected chi connectivity index (χ0v) is 11.6. The predicted octanol–water partition coefficient (Wildman–Crippen LogP) is 1.28. The summed E-state index contributed by atoms with van der Waals surface area (Å²) in [6.45, 7) is 2.85. The number of unbranched alkanes of at least 4 members (excludes halogenated alkanes) is 1. The molecule has 0 aromatic heterocycles. The number of nitrogens with two attached hydrogens (primary N) is 1. The summed E-state index contributed by atoms with van der Waals surface area (Å²) in [7, 11) is -1.84. The van der Waals surface area contributed by atoms with Crippen LogP contribution < -0.4 is 10.5 Å². The van der Waals surface area contributed by atoms with Gasteiger partial charge in [-0.3, -0.25) is 0 Å². The van der Waals surface area contributed by atoms with E-state index < -0.39 is 10.0 Å². The highest BCUT2D eigenvalue weighted by atomic mass is 32.2. The van der Waals surface area contributed by atoms with Crippen molar-refractivity contribution in [2.75, 3.05) is 26.0 Å². The zero-order valence-electron chi connectivity index (χ0n) is 10.8. The fourth-order valence-electron chi connectivity index (χ4n) is 1.59. The van der Waals surface area contributed by atoms with Gasteiger partial charge in [-0.25, -0.2) is 13.1 Å². The summed E-state index contributed by atoms with van der Waals surface area (Å²) in [5, 5.41) is 0. The van der Waals surface area contributed by atoms with Crippen molar-refractivity contribution in [1.82, 2.24) is 4.72 Å². The van der Waals surface area contributed by atoms with Crippen molar-refractivity contribution in [3.63, 3.8) is 0 Å². The van der Waals surface area contributed by atoms with Gasteiger partial charge in [-0.2, -0.15) is 0 Å². The topological polar surface area (TPSA) is 81.4 Å². The van der Waals surface area contributed by atoms with Crippen LogP contribution in [0.4, 0.5) is 5.69 Å². The van der Waals surface area contributed by atoms with Gasteiger partial charge in [-0.05, 0) is 43.5 Å². The van der Waals surface area contributed by atoms with E-state index in [1.807, 2.05) is 6.92 Å². The third-order valence-corrected chi connectivity index (χ3v) is 3.89. The zero-order chi connectivity index (χ0) is 13.6. The second kappa shape index (κ2) is 6.72. The number of ether oxygens (including phenoxy) is 1. The van der Waals surface area contributed by atoms with Gasteiger partial charge >= 0.3 is 0 Å². The van der Waals surface area contributed by atoms with Crippen molar-refractivity contribution in [2.45, 2.75) is 24.7 Å². The lowest BCUT2D eigenvalue weighted by atomic mass is 10.2. The van der Waals surface area contributed by atoms with Gasteiger partial charge in [0.2, 0.25) is 10.0 Å². The first kappa shape index (κ1) is 14.9. The van der Waals surface area contributed by atoms with E-state index >= 15 is 0 Å². The molecule has 1 aromatic carbocycles. The normalized spacial score (nSPS) is 11.7. The van der Waals surface area contributed by atoms with Crippen LogP contribution in [0.25, 0.3) is 0 Å². The number of aryl methyl sites for hydroxylation is 1. The lowest BCUT2D eigenvalue weighted by Gasteiger charge is -2.08. The van der Waals surface area contributed by atoms with Crippen LogP contribution in [0.3, 0.4) is 0 Å². The minimum Gasteiger partial charge on any atom is -0.399 e. The van der Waals surface area contributed by atoms with Crippen LogP contribution in [0.5, 0.6) is 0 Å². The van der Waals surface area contributed by atoms with E-state index in [2.05, 4.69) is 4.72 Å². The van der Waals surface area contributed by atoms with Crippen LogP contribution in [-0.4, -0.2) is 28.7 Å². The van der Waals surface area contributed by atoms with E-state index in [0.29, 0.717) is 18.8 Å². The Balaban J connectivity index is 2.63. The van der Waals surface area contributed by atoms with Crippen molar-refractivity contribution in [2.24, 2.45) is 0 Å². The standard InChI is InChI=1S/C12H20N2O3S/c1-10-7-11(13)9-12(8-10)18(15,16)14-5-3-4-6-17-2/h7-9,14H,3-6,13H2,1-2H3. The number of hydrogen-bond acceptors (Lipinski definition) is 4. The first-order valence-corrected chi connectivity index (χ1v) is 7.30. The summed E-state index contributed by atoms with van der Waals surface area (Å²) in [6.07, 6.45) is 1.57. The molecular formula is C12H20N2O3S. The average Bonchev–Trinajstić information content (AvgIpc) is 2.27. The third-order valence-electron chi connectivity index (χ3n) is 2.45. The molecule has 0 fully saturated rings. The molecule has 1 rings (SSSR count). The summed E-state index contributed by atoms with van der Waals surface area (Å²) in [6, 6.07) is 4.80. The molecule has 0 saturated heterocycles. The Bertz CT molecular complexity index is 466. The number of methoxy groups -OCH3 is 1. The van der Waals surface area contributed by atoms with Crippen LogP contribution in [0.1, 0.15) is 18.4 Å². The number of sulfonamides is 1. The summed E-state index contributed by atoms with van der Waals surface area (Å²) in [5.41, 5.74) is 6.92. The smallest absolute Gasteiger partial charge is 0.240 e. The molecule has 0 aliphatic heterocycles. The van der Waals surface area contributed by atoms with Crippen LogP contribution in [0.2, 0.25) is 0 Å². The van der Waals surface area contributed by atoms with Crippen molar-refractivity contribution in [1.29, 1.82) is 0 Å². The maximum Gasteiger partial charge on any atom is 0.240 e. The Morgan fingerprint density at radius 3 is 2.61 bits per heavy atom. The molecule has 0 amide bonds. The van der Waals surface area contributed by atoms with Gasteiger partial charge in [-0.15, -0.1) is 0 Å². The number of anilines is 1. The monoisotopic (exact) mass is 272 g/mol. The average molecular weight is 272 g/mol. The summed E-state index contributed by atoms with van der Waals surface area (Å²) >= 11 is 0. The summed E-state index contributed by atoms with van der Waals surface area (Å²) in [5.74, 6) is 0. The highest BCUT2D eigenvalue weighted by molar-refractivity contribution is 7.89. The molecule has 5 nitrogen and oxygen atoms in total. The Morgan fingerprint density at radius 1 is 1.28 bits per heavy atom. The van der Waals surface area contributed by atoms with Gasteiger partial charge in [0.25, 0.3) is 0 Å². The molecule has 6 heteroatoms. The van der Waals surface area contributed by atoms with Crippen LogP contribution in [-0.2, 0) is 14.8 Å². The second-order valence-corrected chi connectivity index (χ2v) is 5.94. The molecule has 0 aliphatic carbocycles. The Hall–Kier alpha value is -1.11. The van der Waals surface area contributed by atoms with Crippen LogP contribution >= 0.6 is 0 Å². The molecule has 3 N–H and O–H groups in total. The van der Waals surface area contributed by atoms with Gasteiger partial charge in [0.15, 0.2) is 0 Å². The molecule has 18 heavy (non-hydrogen) atoms.